The van der Waals surface area contributed by atoms with Crippen LogP contribution in [-0.2, 0) is 10.0 Å². The van der Waals surface area contributed by atoms with Crippen LogP contribution in [0.2, 0.25) is 0 Å². The molecule has 1 aromatic rings. The van der Waals surface area contributed by atoms with Gasteiger partial charge in [0, 0.05) is 12.6 Å². The number of nitrogen functional groups attached to an aromatic ring is 1. The van der Waals surface area contributed by atoms with Gasteiger partial charge in [0.2, 0.25) is 10.0 Å². The summed E-state index contributed by atoms with van der Waals surface area (Å²) in [5.74, 6) is 6.02. The topological polar surface area (TPSA) is 127 Å². The minimum Gasteiger partial charge on any atom is -0.310 e. The largest absolute Gasteiger partial charge is 0.310 e. The second-order valence-electron chi connectivity index (χ2n) is 4.51. The Bertz CT molecular complexity index is 597. The number of hydrogen-bond donors (Lipinski definition) is 3. The monoisotopic (exact) mass is 306 g/mol. The Morgan fingerprint density at radius 1 is 1.63 bits per heavy atom. The minimum atomic E-state index is -3.72. The molecule has 1 saturated carbocycles. The highest BCUT2D eigenvalue weighted by atomic mass is 32.2. The zero-order chi connectivity index (χ0) is 14.2. The third-order valence-corrected chi connectivity index (χ3v) is 6.05. The van der Waals surface area contributed by atoms with Gasteiger partial charge in [-0.2, -0.15) is 0 Å². The molecule has 0 saturated heterocycles. The van der Waals surface area contributed by atoms with Crippen LogP contribution in [0.4, 0.5) is 10.7 Å². The number of anilines is 1. The molecule has 1 heterocycles. The van der Waals surface area contributed by atoms with E-state index in [9.17, 15) is 18.5 Å². The van der Waals surface area contributed by atoms with Crippen molar-refractivity contribution in [2.24, 2.45) is 17.7 Å². The molecule has 0 radical (unpaired) electrons. The van der Waals surface area contributed by atoms with E-state index in [1.165, 1.54) is 0 Å². The lowest BCUT2D eigenvalue weighted by Gasteiger charge is -2.02. The van der Waals surface area contributed by atoms with Gasteiger partial charge in [0.1, 0.15) is 4.21 Å². The van der Waals surface area contributed by atoms with Crippen molar-refractivity contribution in [3.8, 4) is 0 Å². The zero-order valence-corrected chi connectivity index (χ0v) is 11.8. The van der Waals surface area contributed by atoms with E-state index in [0.717, 1.165) is 23.8 Å². The van der Waals surface area contributed by atoms with Crippen molar-refractivity contribution in [1.29, 1.82) is 0 Å². The van der Waals surface area contributed by atoms with Gasteiger partial charge in [0.25, 0.3) is 0 Å². The van der Waals surface area contributed by atoms with Crippen molar-refractivity contribution < 1.29 is 13.3 Å². The van der Waals surface area contributed by atoms with Gasteiger partial charge in [0.05, 0.1) is 4.92 Å². The quantitative estimate of drug-likeness (QED) is 0.406. The third-order valence-electron chi connectivity index (χ3n) is 3.09. The van der Waals surface area contributed by atoms with Crippen LogP contribution < -0.4 is 16.0 Å². The summed E-state index contributed by atoms with van der Waals surface area (Å²) in [5.41, 5.74) is 1.80. The number of hydrazine groups is 1. The van der Waals surface area contributed by atoms with Gasteiger partial charge in [-0.05, 0) is 18.3 Å². The fraction of sp³-hybridized carbons (Fsp3) is 0.556. The van der Waals surface area contributed by atoms with Crippen molar-refractivity contribution in [1.82, 2.24) is 4.72 Å². The maximum atomic E-state index is 12.0. The lowest BCUT2D eigenvalue weighted by Crippen LogP contribution is -2.25. The third kappa shape index (κ3) is 3.03. The Morgan fingerprint density at radius 3 is 2.68 bits per heavy atom. The highest BCUT2D eigenvalue weighted by Gasteiger charge is 2.34. The molecule has 106 valence electrons. The Balaban J connectivity index is 2.17. The molecule has 1 aliphatic carbocycles. The van der Waals surface area contributed by atoms with Gasteiger partial charge < -0.3 is 5.43 Å². The van der Waals surface area contributed by atoms with Crippen LogP contribution >= 0.6 is 11.3 Å². The number of nitrogens with one attached hydrogen (secondary N) is 2. The molecule has 1 fully saturated rings. The standard InChI is InChI=1S/C9H14N4O4S2/c1-5-2-6(5)4-11-19(16,17)8-3-7(13(14)15)9(12-10)18-8/h3,5-6,11-12H,2,4,10H2,1H3. The Hall–Kier alpha value is -1.23. The van der Waals surface area contributed by atoms with Gasteiger partial charge in [-0.25, -0.2) is 19.0 Å². The van der Waals surface area contributed by atoms with Crippen molar-refractivity contribution in [2.75, 3.05) is 12.0 Å². The number of thiophene rings is 1. The summed E-state index contributed by atoms with van der Waals surface area (Å²) >= 11 is 0.739. The van der Waals surface area contributed by atoms with Crippen LogP contribution in [0.5, 0.6) is 0 Å². The molecule has 0 aromatic carbocycles. The van der Waals surface area contributed by atoms with Crippen LogP contribution in [0.1, 0.15) is 13.3 Å². The molecule has 1 aromatic heterocycles. The van der Waals surface area contributed by atoms with E-state index >= 15 is 0 Å². The highest BCUT2D eigenvalue weighted by Crippen LogP contribution is 2.38. The fourth-order valence-corrected chi connectivity index (χ4v) is 4.08. The lowest BCUT2D eigenvalue weighted by molar-refractivity contribution is -0.383. The molecule has 2 atom stereocenters. The van der Waals surface area contributed by atoms with Crippen LogP contribution in [0.15, 0.2) is 10.3 Å². The van der Waals surface area contributed by atoms with E-state index in [2.05, 4.69) is 10.1 Å². The Morgan fingerprint density at radius 2 is 2.26 bits per heavy atom. The van der Waals surface area contributed by atoms with E-state index < -0.39 is 14.9 Å². The maximum absolute atomic E-state index is 12.0. The summed E-state index contributed by atoms with van der Waals surface area (Å²) in [6, 6.07) is 1.01. The molecule has 0 aliphatic heterocycles. The Kier molecular flexibility index (Phi) is 3.76. The van der Waals surface area contributed by atoms with Gasteiger partial charge in [-0.3, -0.25) is 10.1 Å². The van der Waals surface area contributed by atoms with Gasteiger partial charge in [-0.1, -0.05) is 18.3 Å². The summed E-state index contributed by atoms with van der Waals surface area (Å²) < 4.78 is 26.3. The van der Waals surface area contributed by atoms with Crippen LogP contribution in [0.25, 0.3) is 0 Å². The van der Waals surface area contributed by atoms with Crippen molar-refractivity contribution in [3.63, 3.8) is 0 Å². The van der Waals surface area contributed by atoms with Crippen LogP contribution in [0.3, 0.4) is 0 Å². The second kappa shape index (κ2) is 5.04. The number of nitrogens with zero attached hydrogens (tertiary/aromatic N) is 1. The predicted molar refractivity (Wildman–Crippen MR) is 71.2 cm³/mol. The molecule has 0 spiro atoms. The number of sulfonamides is 1. The zero-order valence-electron chi connectivity index (χ0n) is 10.1. The van der Waals surface area contributed by atoms with E-state index in [0.29, 0.717) is 18.4 Å². The molecule has 10 heteroatoms. The molecule has 0 bridgehead atoms. The first kappa shape index (κ1) is 14.2. The van der Waals surface area contributed by atoms with Gasteiger partial charge >= 0.3 is 5.69 Å². The minimum absolute atomic E-state index is 0.0187. The summed E-state index contributed by atoms with van der Waals surface area (Å²) in [4.78, 5) is 10.1. The SMILES string of the molecule is CC1CC1CNS(=O)(=O)c1cc([N+](=O)[O-])c(NN)s1. The normalized spacial score (nSPS) is 22.2. The number of nitro groups is 1. The van der Waals surface area contributed by atoms with E-state index in [1.807, 2.05) is 6.92 Å². The van der Waals surface area contributed by atoms with Gasteiger partial charge in [0.15, 0.2) is 5.00 Å². The van der Waals surface area contributed by atoms with Crippen LogP contribution in [-0.4, -0.2) is 19.9 Å². The summed E-state index contributed by atoms with van der Waals surface area (Å²) in [7, 11) is -3.72. The number of rotatable bonds is 6. The van der Waals surface area contributed by atoms with Crippen molar-refractivity contribution >= 4 is 32.0 Å². The molecule has 8 nitrogen and oxygen atoms in total. The number of hydrogen-bond acceptors (Lipinski definition) is 7. The van der Waals surface area contributed by atoms with Gasteiger partial charge in [-0.15, -0.1) is 0 Å². The fourth-order valence-electron chi connectivity index (χ4n) is 1.70. The van der Waals surface area contributed by atoms with E-state index in [1.54, 1.807) is 0 Å². The van der Waals surface area contributed by atoms with Crippen LogP contribution in [0, 0.1) is 22.0 Å². The van der Waals surface area contributed by atoms with E-state index in [4.69, 9.17) is 5.84 Å². The molecule has 2 unspecified atom stereocenters. The summed E-state index contributed by atoms with van der Waals surface area (Å²) in [5, 5.41) is 10.8. The smallest absolute Gasteiger partial charge is 0.306 e. The summed E-state index contributed by atoms with van der Waals surface area (Å²) in [6.07, 6.45) is 1.00. The molecular weight excluding hydrogens is 292 g/mol. The molecule has 1 aliphatic rings. The van der Waals surface area contributed by atoms with Crippen molar-refractivity contribution in [2.45, 2.75) is 17.6 Å². The van der Waals surface area contributed by atoms with Crippen molar-refractivity contribution in [3.05, 3.63) is 16.2 Å². The van der Waals surface area contributed by atoms with E-state index in [-0.39, 0.29) is 14.9 Å². The summed E-state index contributed by atoms with van der Waals surface area (Å²) in [6.45, 7) is 2.41. The first-order chi connectivity index (χ1) is 8.85. The first-order valence-electron chi connectivity index (χ1n) is 5.59. The number of nitrogens with two attached hydrogens (primary N) is 1. The first-order valence-corrected chi connectivity index (χ1v) is 7.89. The predicted octanol–water partition coefficient (Wildman–Crippen LogP) is 0.876. The average molecular weight is 306 g/mol. The molecule has 4 N–H and O–H groups in total. The maximum Gasteiger partial charge on any atom is 0.306 e. The molecule has 0 amide bonds. The molecule has 19 heavy (non-hydrogen) atoms. The lowest BCUT2D eigenvalue weighted by atomic mass is 10.3. The second-order valence-corrected chi connectivity index (χ2v) is 7.55. The highest BCUT2D eigenvalue weighted by molar-refractivity contribution is 7.91. The Labute approximate surface area is 114 Å². The average Bonchev–Trinajstić information content (AvgIpc) is 2.89. The molecular formula is C9H14N4O4S2. The molecule has 2 rings (SSSR count).